The van der Waals surface area contributed by atoms with E-state index >= 15 is 0 Å². The summed E-state index contributed by atoms with van der Waals surface area (Å²) in [4.78, 5) is 13.0. The Kier molecular flexibility index (Phi) is 6.54. The van der Waals surface area contributed by atoms with E-state index in [9.17, 15) is 4.79 Å². The molecule has 1 amide bonds. The molecular formula is C14H20N2OS. The van der Waals surface area contributed by atoms with Crippen LogP contribution in [0, 0.1) is 5.92 Å². The Morgan fingerprint density at radius 1 is 1.56 bits per heavy atom. The molecule has 0 fully saturated rings. The molecule has 0 saturated heterocycles. The number of carbonyl (C=O) groups is 1. The first-order valence-electron chi connectivity index (χ1n) is 6.02. The number of nitrogens with one attached hydrogen (secondary N) is 1. The third kappa shape index (κ3) is 4.55. The summed E-state index contributed by atoms with van der Waals surface area (Å²) in [7, 11) is 0. The molecule has 0 bridgehead atoms. The lowest BCUT2D eigenvalue weighted by atomic mass is 10.1. The average molecular weight is 264 g/mol. The fraction of sp³-hybridized carbons (Fsp3) is 0.357. The fourth-order valence-corrected chi connectivity index (χ4v) is 2.23. The molecule has 1 unspecified atom stereocenters. The summed E-state index contributed by atoms with van der Waals surface area (Å²) in [6.45, 7) is 6.12. The van der Waals surface area contributed by atoms with Gasteiger partial charge in [0.05, 0.1) is 5.69 Å². The molecule has 18 heavy (non-hydrogen) atoms. The van der Waals surface area contributed by atoms with E-state index in [-0.39, 0.29) is 11.8 Å². The van der Waals surface area contributed by atoms with E-state index in [0.717, 1.165) is 16.3 Å². The maximum Gasteiger partial charge on any atom is 0.227 e. The lowest BCUT2D eigenvalue weighted by Crippen LogP contribution is -2.23. The maximum absolute atomic E-state index is 11.9. The van der Waals surface area contributed by atoms with E-state index in [1.54, 1.807) is 11.8 Å². The van der Waals surface area contributed by atoms with Crippen molar-refractivity contribution in [1.29, 1.82) is 0 Å². The smallest absolute Gasteiger partial charge is 0.227 e. The molecule has 1 aromatic rings. The zero-order chi connectivity index (χ0) is 13.4. The van der Waals surface area contributed by atoms with Crippen LogP contribution in [-0.4, -0.2) is 18.2 Å². The van der Waals surface area contributed by atoms with Crippen molar-refractivity contribution < 1.29 is 4.79 Å². The number of benzene rings is 1. The van der Waals surface area contributed by atoms with Gasteiger partial charge in [0.1, 0.15) is 0 Å². The molecule has 1 aromatic carbocycles. The molecule has 3 nitrogen and oxygen atoms in total. The third-order valence-electron chi connectivity index (χ3n) is 2.55. The van der Waals surface area contributed by atoms with Crippen LogP contribution in [0.2, 0.25) is 0 Å². The Hall–Kier alpha value is -1.26. The van der Waals surface area contributed by atoms with Crippen molar-refractivity contribution in [2.24, 2.45) is 11.7 Å². The molecule has 0 aliphatic carbocycles. The number of rotatable bonds is 7. The molecule has 0 spiro atoms. The van der Waals surface area contributed by atoms with Gasteiger partial charge in [-0.1, -0.05) is 25.1 Å². The lowest BCUT2D eigenvalue weighted by molar-refractivity contribution is -0.119. The topological polar surface area (TPSA) is 55.1 Å². The van der Waals surface area contributed by atoms with Crippen molar-refractivity contribution in [2.75, 3.05) is 17.6 Å². The molecule has 98 valence electrons. The molecule has 1 atom stereocenters. The summed E-state index contributed by atoms with van der Waals surface area (Å²) < 4.78 is 0. The summed E-state index contributed by atoms with van der Waals surface area (Å²) in [5.74, 6) is 0.783. The first-order valence-corrected chi connectivity index (χ1v) is 7.01. The van der Waals surface area contributed by atoms with E-state index < -0.39 is 0 Å². The molecule has 4 heteroatoms. The molecule has 3 N–H and O–H groups in total. The molecule has 1 rings (SSSR count). The predicted octanol–water partition coefficient (Wildman–Crippen LogP) is 2.89. The van der Waals surface area contributed by atoms with Crippen LogP contribution >= 0.6 is 11.8 Å². The Morgan fingerprint density at radius 3 is 2.94 bits per heavy atom. The highest BCUT2D eigenvalue weighted by Gasteiger charge is 2.13. The number of para-hydroxylation sites is 1. The fourth-order valence-electron chi connectivity index (χ4n) is 1.48. The summed E-state index contributed by atoms with van der Waals surface area (Å²) in [5.41, 5.74) is 6.32. The molecule has 0 aromatic heterocycles. The number of hydrogen-bond donors (Lipinski definition) is 2. The van der Waals surface area contributed by atoms with Gasteiger partial charge in [-0.15, -0.1) is 18.3 Å². The molecule has 0 aliphatic rings. The van der Waals surface area contributed by atoms with Crippen LogP contribution in [0.4, 0.5) is 5.69 Å². The molecule has 0 aliphatic heterocycles. The van der Waals surface area contributed by atoms with Crippen molar-refractivity contribution in [1.82, 2.24) is 0 Å². The van der Waals surface area contributed by atoms with Crippen LogP contribution in [0.3, 0.4) is 0 Å². The first-order chi connectivity index (χ1) is 8.69. The zero-order valence-corrected chi connectivity index (χ0v) is 11.5. The van der Waals surface area contributed by atoms with E-state index in [0.29, 0.717) is 13.0 Å². The number of carbonyl (C=O) groups excluding carboxylic acids is 1. The second kappa shape index (κ2) is 7.95. The van der Waals surface area contributed by atoms with Gasteiger partial charge in [0.2, 0.25) is 5.91 Å². The normalized spacial score (nSPS) is 11.9. The van der Waals surface area contributed by atoms with Crippen LogP contribution in [0.25, 0.3) is 0 Å². The van der Waals surface area contributed by atoms with Gasteiger partial charge in [-0.2, -0.15) is 0 Å². The predicted molar refractivity (Wildman–Crippen MR) is 78.8 cm³/mol. The largest absolute Gasteiger partial charge is 0.330 e. The molecule has 0 saturated carbocycles. The molecule has 0 heterocycles. The van der Waals surface area contributed by atoms with E-state index in [2.05, 4.69) is 11.9 Å². The summed E-state index contributed by atoms with van der Waals surface area (Å²) >= 11 is 1.66. The zero-order valence-electron chi connectivity index (χ0n) is 10.7. The van der Waals surface area contributed by atoms with E-state index in [4.69, 9.17) is 5.73 Å². The van der Waals surface area contributed by atoms with Gasteiger partial charge in [0, 0.05) is 16.6 Å². The molecule has 0 radical (unpaired) electrons. The third-order valence-corrected chi connectivity index (χ3v) is 3.62. The van der Waals surface area contributed by atoms with E-state index in [1.165, 1.54) is 0 Å². The highest BCUT2D eigenvalue weighted by atomic mass is 32.2. The minimum absolute atomic E-state index is 0.0205. The van der Waals surface area contributed by atoms with Crippen molar-refractivity contribution in [3.63, 3.8) is 0 Å². The minimum atomic E-state index is -0.0625. The van der Waals surface area contributed by atoms with Crippen LogP contribution in [0.1, 0.15) is 13.3 Å². The number of nitrogens with two attached hydrogens (primary N) is 1. The lowest BCUT2D eigenvalue weighted by Gasteiger charge is -2.13. The quantitative estimate of drug-likeness (QED) is 0.588. The molecular weight excluding hydrogens is 244 g/mol. The van der Waals surface area contributed by atoms with Crippen molar-refractivity contribution in [2.45, 2.75) is 18.2 Å². The van der Waals surface area contributed by atoms with E-state index in [1.807, 2.05) is 37.3 Å². The summed E-state index contributed by atoms with van der Waals surface area (Å²) in [6, 6.07) is 7.79. The highest BCUT2D eigenvalue weighted by Crippen LogP contribution is 2.27. The van der Waals surface area contributed by atoms with Gasteiger partial charge in [-0.05, 0) is 25.1 Å². The summed E-state index contributed by atoms with van der Waals surface area (Å²) in [5, 5.41) is 2.95. The Morgan fingerprint density at radius 2 is 2.28 bits per heavy atom. The standard InChI is InChI=1S/C14H20N2OS/c1-3-10-18-13-7-5-4-6-12(13)16-14(17)11(2)8-9-15/h3-7,11H,1,8-10,15H2,2H3,(H,16,17). The SMILES string of the molecule is C=CCSc1ccccc1NC(=O)C(C)CCN. The van der Waals surface area contributed by atoms with Crippen LogP contribution in [-0.2, 0) is 4.79 Å². The van der Waals surface area contributed by atoms with Gasteiger partial charge in [0.25, 0.3) is 0 Å². The number of anilines is 1. The number of hydrogen-bond acceptors (Lipinski definition) is 3. The van der Waals surface area contributed by atoms with Crippen LogP contribution < -0.4 is 11.1 Å². The number of amides is 1. The van der Waals surface area contributed by atoms with Gasteiger partial charge >= 0.3 is 0 Å². The first kappa shape index (κ1) is 14.8. The number of thioether (sulfide) groups is 1. The van der Waals surface area contributed by atoms with Crippen molar-refractivity contribution in [3.05, 3.63) is 36.9 Å². The van der Waals surface area contributed by atoms with Gasteiger partial charge in [-0.3, -0.25) is 4.79 Å². The van der Waals surface area contributed by atoms with Crippen molar-refractivity contribution >= 4 is 23.4 Å². The summed E-state index contributed by atoms with van der Waals surface area (Å²) in [6.07, 6.45) is 2.55. The second-order valence-electron chi connectivity index (χ2n) is 4.06. The average Bonchev–Trinajstić information content (AvgIpc) is 2.38. The minimum Gasteiger partial charge on any atom is -0.330 e. The van der Waals surface area contributed by atoms with Gasteiger partial charge in [-0.25, -0.2) is 0 Å². The van der Waals surface area contributed by atoms with Crippen molar-refractivity contribution in [3.8, 4) is 0 Å². The monoisotopic (exact) mass is 264 g/mol. The Balaban J connectivity index is 2.70. The Labute approximate surface area is 113 Å². The van der Waals surface area contributed by atoms with Gasteiger partial charge < -0.3 is 11.1 Å². The highest BCUT2D eigenvalue weighted by molar-refractivity contribution is 7.99. The second-order valence-corrected chi connectivity index (χ2v) is 5.13. The van der Waals surface area contributed by atoms with Crippen LogP contribution in [0.15, 0.2) is 41.8 Å². The Bertz CT molecular complexity index is 407. The van der Waals surface area contributed by atoms with Gasteiger partial charge in [0.15, 0.2) is 0 Å². The van der Waals surface area contributed by atoms with Crippen LogP contribution in [0.5, 0.6) is 0 Å². The maximum atomic E-state index is 11.9.